The monoisotopic (exact) mass is 363 g/mol. The number of ether oxygens (including phenoxy) is 1. The number of benzene rings is 1. The van der Waals surface area contributed by atoms with Crippen LogP contribution in [0.15, 0.2) is 22.7 Å². The number of hydrogen-bond donors (Lipinski definition) is 1. The Kier molecular flexibility index (Phi) is 3.43. The van der Waals surface area contributed by atoms with Crippen LogP contribution in [-0.4, -0.2) is 24.2 Å². The van der Waals surface area contributed by atoms with Gasteiger partial charge in [-0.2, -0.15) is 13.2 Å². The van der Waals surface area contributed by atoms with Crippen LogP contribution >= 0.6 is 15.9 Å². The average molecular weight is 364 g/mol. The van der Waals surface area contributed by atoms with Gasteiger partial charge in [0.25, 0.3) is 5.91 Å². The largest absolute Gasteiger partial charge is 0.484 e. The van der Waals surface area contributed by atoms with E-state index in [2.05, 4.69) is 26.0 Å². The van der Waals surface area contributed by atoms with Crippen LogP contribution in [0.1, 0.15) is 29.6 Å². The second kappa shape index (κ2) is 4.90. The van der Waals surface area contributed by atoms with E-state index in [1.807, 2.05) is 0 Å². The predicted molar refractivity (Wildman–Crippen MR) is 73.2 cm³/mol. The van der Waals surface area contributed by atoms with Crippen LogP contribution in [0, 0.1) is 5.92 Å². The minimum Gasteiger partial charge on any atom is -0.484 e. The van der Waals surface area contributed by atoms with Gasteiger partial charge in [-0.3, -0.25) is 4.79 Å². The summed E-state index contributed by atoms with van der Waals surface area (Å²) in [5.74, 6) is 0.478. The van der Waals surface area contributed by atoms with E-state index in [9.17, 15) is 18.0 Å². The van der Waals surface area contributed by atoms with Crippen molar-refractivity contribution in [2.45, 2.75) is 31.0 Å². The van der Waals surface area contributed by atoms with Gasteiger partial charge in [-0.25, -0.2) is 0 Å². The molecule has 0 aliphatic heterocycles. The smallest absolute Gasteiger partial charge is 0.422 e. The third kappa shape index (κ3) is 3.02. The molecule has 114 valence electrons. The molecule has 3 saturated carbocycles. The number of carbonyl (C=O) groups excluding carboxylic acids is 1. The SMILES string of the molecule is O=C(NC12CC(C1)C2)c1cc(OCC(F)(F)F)ccc1Br. The molecule has 3 fully saturated rings. The van der Waals surface area contributed by atoms with Gasteiger partial charge in [-0.1, -0.05) is 0 Å². The van der Waals surface area contributed by atoms with Gasteiger partial charge in [0.2, 0.25) is 0 Å². The molecular formula is C14H13BrF3NO2. The molecule has 3 aliphatic rings. The van der Waals surface area contributed by atoms with Crippen LogP contribution < -0.4 is 10.1 Å². The maximum atomic E-state index is 12.2. The lowest BCUT2D eigenvalue weighted by atomic mass is 9.50. The first-order valence-corrected chi connectivity index (χ1v) is 7.37. The molecule has 1 aromatic rings. The number of halogens is 4. The Balaban J connectivity index is 1.69. The lowest BCUT2D eigenvalue weighted by molar-refractivity contribution is -0.153. The van der Waals surface area contributed by atoms with Gasteiger partial charge in [0.15, 0.2) is 6.61 Å². The molecule has 2 bridgehead atoms. The number of alkyl halides is 3. The second-order valence-corrected chi connectivity index (χ2v) is 6.61. The van der Waals surface area contributed by atoms with E-state index < -0.39 is 12.8 Å². The predicted octanol–water partition coefficient (Wildman–Crippen LogP) is 3.67. The minimum atomic E-state index is -4.40. The maximum Gasteiger partial charge on any atom is 0.422 e. The molecule has 0 unspecified atom stereocenters. The normalized spacial score (nSPS) is 26.6. The second-order valence-electron chi connectivity index (χ2n) is 5.76. The number of amides is 1. The van der Waals surface area contributed by atoms with Crippen LogP contribution in [-0.2, 0) is 0 Å². The maximum absolute atomic E-state index is 12.2. The van der Waals surface area contributed by atoms with Crippen molar-refractivity contribution in [1.29, 1.82) is 0 Å². The van der Waals surface area contributed by atoms with Gasteiger partial charge in [-0.05, 0) is 59.3 Å². The molecule has 1 N–H and O–H groups in total. The third-order valence-electron chi connectivity index (χ3n) is 4.00. The Labute approximate surface area is 128 Å². The molecule has 0 spiro atoms. The molecule has 3 aliphatic carbocycles. The Bertz CT molecular complexity index is 571. The standard InChI is InChI=1S/C14H13BrF3NO2/c15-11-2-1-9(21-7-14(16,17)18)3-10(11)12(20)19-13-4-8(5-13)6-13/h1-3,8H,4-7H2,(H,19,20). The van der Waals surface area contributed by atoms with Crippen molar-refractivity contribution in [3.63, 3.8) is 0 Å². The highest BCUT2D eigenvalue weighted by molar-refractivity contribution is 9.10. The van der Waals surface area contributed by atoms with Crippen LogP contribution in [0.3, 0.4) is 0 Å². The van der Waals surface area contributed by atoms with Gasteiger partial charge < -0.3 is 10.1 Å². The fourth-order valence-electron chi connectivity index (χ4n) is 2.87. The summed E-state index contributed by atoms with van der Waals surface area (Å²) in [6, 6.07) is 4.24. The summed E-state index contributed by atoms with van der Waals surface area (Å²) in [5.41, 5.74) is 0.212. The highest BCUT2D eigenvalue weighted by atomic mass is 79.9. The topological polar surface area (TPSA) is 38.3 Å². The highest BCUT2D eigenvalue weighted by Gasteiger charge is 2.57. The van der Waals surface area contributed by atoms with Gasteiger partial charge >= 0.3 is 6.18 Å². The zero-order valence-electron chi connectivity index (χ0n) is 11.0. The van der Waals surface area contributed by atoms with Crippen molar-refractivity contribution in [2.24, 2.45) is 5.92 Å². The van der Waals surface area contributed by atoms with Crippen molar-refractivity contribution < 1.29 is 22.7 Å². The zero-order valence-corrected chi connectivity index (χ0v) is 12.6. The molecule has 1 aromatic carbocycles. The van der Waals surface area contributed by atoms with Crippen LogP contribution in [0.5, 0.6) is 5.75 Å². The number of rotatable bonds is 4. The van der Waals surface area contributed by atoms with E-state index in [0.717, 1.165) is 25.2 Å². The van der Waals surface area contributed by atoms with E-state index in [4.69, 9.17) is 0 Å². The average Bonchev–Trinajstić information content (AvgIpc) is 2.30. The van der Waals surface area contributed by atoms with Gasteiger partial charge in [0, 0.05) is 10.0 Å². The van der Waals surface area contributed by atoms with E-state index in [0.29, 0.717) is 10.0 Å². The third-order valence-corrected chi connectivity index (χ3v) is 4.69. The summed E-state index contributed by atoms with van der Waals surface area (Å²) in [6.07, 6.45) is -1.40. The van der Waals surface area contributed by atoms with Crippen molar-refractivity contribution in [2.75, 3.05) is 6.61 Å². The number of carbonyl (C=O) groups is 1. The molecular weight excluding hydrogens is 351 g/mol. The van der Waals surface area contributed by atoms with Crippen molar-refractivity contribution in [3.05, 3.63) is 28.2 Å². The van der Waals surface area contributed by atoms with E-state index in [1.165, 1.54) is 18.2 Å². The molecule has 0 atom stereocenters. The lowest BCUT2D eigenvalue weighted by Crippen LogP contribution is -2.68. The van der Waals surface area contributed by atoms with Gasteiger partial charge in [0.05, 0.1) is 5.56 Å². The Hall–Kier alpha value is -1.24. The lowest BCUT2D eigenvalue weighted by Gasteiger charge is -2.61. The molecule has 4 rings (SSSR count). The first kappa shape index (κ1) is 14.7. The van der Waals surface area contributed by atoms with Crippen LogP contribution in [0.2, 0.25) is 0 Å². The molecule has 0 radical (unpaired) electrons. The zero-order chi connectivity index (χ0) is 15.3. The summed E-state index contributed by atoms with van der Waals surface area (Å²) in [5, 5.41) is 2.97. The Morgan fingerprint density at radius 3 is 2.57 bits per heavy atom. The quantitative estimate of drug-likeness (QED) is 0.886. The fourth-order valence-corrected chi connectivity index (χ4v) is 3.30. The minimum absolute atomic E-state index is 0.0262. The fraction of sp³-hybridized carbons (Fsp3) is 0.500. The Morgan fingerprint density at radius 2 is 2.05 bits per heavy atom. The molecule has 0 saturated heterocycles. The van der Waals surface area contributed by atoms with E-state index >= 15 is 0 Å². The molecule has 21 heavy (non-hydrogen) atoms. The Morgan fingerprint density at radius 1 is 1.38 bits per heavy atom. The number of nitrogens with one attached hydrogen (secondary N) is 1. The van der Waals surface area contributed by atoms with Crippen LogP contribution in [0.4, 0.5) is 13.2 Å². The molecule has 1 amide bonds. The van der Waals surface area contributed by atoms with Crippen molar-refractivity contribution in [3.8, 4) is 5.75 Å². The first-order valence-electron chi connectivity index (χ1n) is 6.58. The summed E-state index contributed by atoms with van der Waals surface area (Å²) in [6.45, 7) is -1.37. The molecule has 3 nitrogen and oxygen atoms in total. The number of hydrogen-bond acceptors (Lipinski definition) is 2. The molecule has 0 aromatic heterocycles. The van der Waals surface area contributed by atoms with E-state index in [1.54, 1.807) is 0 Å². The summed E-state index contributed by atoms with van der Waals surface area (Å²) in [4.78, 5) is 12.2. The summed E-state index contributed by atoms with van der Waals surface area (Å²) in [7, 11) is 0. The van der Waals surface area contributed by atoms with Crippen LogP contribution in [0.25, 0.3) is 0 Å². The first-order chi connectivity index (χ1) is 9.76. The summed E-state index contributed by atoms with van der Waals surface area (Å²) >= 11 is 3.24. The highest BCUT2D eigenvalue weighted by Crippen LogP contribution is 2.57. The van der Waals surface area contributed by atoms with Gasteiger partial charge in [-0.15, -0.1) is 0 Å². The van der Waals surface area contributed by atoms with Crippen molar-refractivity contribution >= 4 is 21.8 Å². The van der Waals surface area contributed by atoms with Crippen molar-refractivity contribution in [1.82, 2.24) is 5.32 Å². The molecule has 0 heterocycles. The van der Waals surface area contributed by atoms with Gasteiger partial charge in [0.1, 0.15) is 5.75 Å². The van der Waals surface area contributed by atoms with E-state index in [-0.39, 0.29) is 17.2 Å². The summed E-state index contributed by atoms with van der Waals surface area (Å²) < 4.78 is 41.6. The molecule has 7 heteroatoms.